The lowest BCUT2D eigenvalue weighted by Crippen LogP contribution is -2.17. The van der Waals surface area contributed by atoms with Crippen molar-refractivity contribution in [3.05, 3.63) is 29.3 Å². The van der Waals surface area contributed by atoms with E-state index in [9.17, 15) is 13.2 Å². The summed E-state index contributed by atoms with van der Waals surface area (Å²) in [6, 6.07) is 3.40. The molecule has 1 aromatic carbocycles. The van der Waals surface area contributed by atoms with Crippen LogP contribution in [0.2, 0.25) is 0 Å². The minimum Gasteiger partial charge on any atom is -0.487 e. The second-order valence-corrected chi connectivity index (χ2v) is 3.45. The van der Waals surface area contributed by atoms with E-state index < -0.39 is 17.8 Å². The number of hydrogen-bond acceptors (Lipinski definition) is 2. The van der Waals surface area contributed by atoms with Crippen molar-refractivity contribution in [2.75, 3.05) is 6.61 Å². The number of aliphatic hydroxyl groups is 1. The van der Waals surface area contributed by atoms with Crippen molar-refractivity contribution in [3.63, 3.8) is 0 Å². The van der Waals surface area contributed by atoms with Crippen LogP contribution in [0.1, 0.15) is 11.1 Å². The molecule has 1 aromatic rings. The zero-order chi connectivity index (χ0) is 11.1. The highest BCUT2D eigenvalue weighted by Crippen LogP contribution is 2.36. The van der Waals surface area contributed by atoms with Crippen molar-refractivity contribution in [2.24, 2.45) is 0 Å². The summed E-state index contributed by atoms with van der Waals surface area (Å²) in [4.78, 5) is 0. The third kappa shape index (κ3) is 1.92. The lowest BCUT2D eigenvalue weighted by molar-refractivity contribution is -0.137. The van der Waals surface area contributed by atoms with E-state index in [1.54, 1.807) is 0 Å². The fourth-order valence-corrected chi connectivity index (χ4v) is 1.58. The fraction of sp³-hybridized carbons (Fsp3) is 0.400. The molecule has 0 spiro atoms. The number of aliphatic hydroxyl groups excluding tert-OH is 1. The van der Waals surface area contributed by atoms with Crippen LogP contribution >= 0.6 is 0 Å². The van der Waals surface area contributed by atoms with E-state index in [-0.39, 0.29) is 12.4 Å². The largest absolute Gasteiger partial charge is 0.487 e. The third-order valence-electron chi connectivity index (χ3n) is 2.34. The van der Waals surface area contributed by atoms with E-state index >= 15 is 0 Å². The number of hydrogen-bond donors (Lipinski definition) is 1. The van der Waals surface area contributed by atoms with Gasteiger partial charge in [0.05, 0.1) is 12.2 Å². The molecular weight excluding hydrogens is 209 g/mol. The van der Waals surface area contributed by atoms with Gasteiger partial charge in [-0.15, -0.1) is 0 Å². The van der Waals surface area contributed by atoms with Gasteiger partial charge in [0.15, 0.2) is 0 Å². The van der Waals surface area contributed by atoms with Gasteiger partial charge >= 0.3 is 6.18 Å². The first-order valence-corrected chi connectivity index (χ1v) is 4.48. The molecule has 0 aliphatic carbocycles. The second kappa shape index (κ2) is 3.41. The molecule has 0 radical (unpaired) electrons. The van der Waals surface area contributed by atoms with Gasteiger partial charge in [0.1, 0.15) is 11.9 Å². The summed E-state index contributed by atoms with van der Waals surface area (Å²) >= 11 is 0. The molecule has 5 heteroatoms. The van der Waals surface area contributed by atoms with Crippen LogP contribution in [0, 0.1) is 0 Å². The van der Waals surface area contributed by atoms with Gasteiger partial charge in [-0.05, 0) is 17.7 Å². The Morgan fingerprint density at radius 2 is 2.13 bits per heavy atom. The summed E-state index contributed by atoms with van der Waals surface area (Å²) in [5.41, 5.74) is -0.0121. The van der Waals surface area contributed by atoms with Gasteiger partial charge < -0.3 is 9.84 Å². The van der Waals surface area contributed by atoms with E-state index in [1.807, 2.05) is 0 Å². The minimum atomic E-state index is -4.35. The quantitative estimate of drug-likeness (QED) is 0.781. The number of ether oxygens (including phenoxy) is 1. The first-order chi connectivity index (χ1) is 7.00. The Morgan fingerprint density at radius 3 is 2.73 bits per heavy atom. The van der Waals surface area contributed by atoms with Crippen LogP contribution in [-0.2, 0) is 12.6 Å². The molecule has 0 saturated carbocycles. The fourth-order valence-electron chi connectivity index (χ4n) is 1.58. The highest BCUT2D eigenvalue weighted by atomic mass is 19.4. The van der Waals surface area contributed by atoms with Crippen LogP contribution in [0.3, 0.4) is 0 Å². The molecule has 1 heterocycles. The number of rotatable bonds is 1. The molecule has 0 fully saturated rings. The van der Waals surface area contributed by atoms with Crippen molar-refractivity contribution in [1.82, 2.24) is 0 Å². The molecule has 0 bridgehead atoms. The Kier molecular flexibility index (Phi) is 2.34. The molecule has 2 rings (SSSR count). The molecule has 0 amide bonds. The summed E-state index contributed by atoms with van der Waals surface area (Å²) in [6.07, 6.45) is -4.30. The molecule has 82 valence electrons. The van der Waals surface area contributed by atoms with E-state index in [1.165, 1.54) is 6.07 Å². The molecule has 0 saturated heterocycles. The number of halogens is 3. The molecular formula is C10H9F3O2. The van der Waals surface area contributed by atoms with Crippen LogP contribution in [0.5, 0.6) is 5.75 Å². The monoisotopic (exact) mass is 218 g/mol. The Hall–Kier alpha value is -1.23. The molecule has 15 heavy (non-hydrogen) atoms. The van der Waals surface area contributed by atoms with Crippen molar-refractivity contribution >= 4 is 0 Å². The third-order valence-corrected chi connectivity index (χ3v) is 2.34. The average molecular weight is 218 g/mol. The molecule has 0 aromatic heterocycles. The molecule has 1 N–H and O–H groups in total. The molecule has 1 aliphatic heterocycles. The zero-order valence-corrected chi connectivity index (χ0v) is 7.71. The van der Waals surface area contributed by atoms with Crippen LogP contribution < -0.4 is 4.74 Å². The summed E-state index contributed by atoms with van der Waals surface area (Å²) < 4.78 is 42.1. The normalized spacial score (nSPS) is 19.9. The minimum absolute atomic E-state index is 0.184. The van der Waals surface area contributed by atoms with E-state index in [2.05, 4.69) is 0 Å². The maximum absolute atomic E-state index is 12.3. The van der Waals surface area contributed by atoms with Gasteiger partial charge in [-0.2, -0.15) is 13.2 Å². The van der Waals surface area contributed by atoms with Crippen molar-refractivity contribution < 1.29 is 23.0 Å². The maximum Gasteiger partial charge on any atom is 0.416 e. The van der Waals surface area contributed by atoms with E-state index in [4.69, 9.17) is 9.84 Å². The number of fused-ring (bicyclic) bond motifs is 1. The van der Waals surface area contributed by atoms with Crippen LogP contribution in [0.25, 0.3) is 0 Å². The van der Waals surface area contributed by atoms with Crippen LogP contribution in [0.15, 0.2) is 18.2 Å². The van der Waals surface area contributed by atoms with Gasteiger partial charge in [0.2, 0.25) is 0 Å². The summed E-state index contributed by atoms with van der Waals surface area (Å²) in [7, 11) is 0. The number of alkyl halides is 3. The van der Waals surface area contributed by atoms with Crippen molar-refractivity contribution in [2.45, 2.75) is 18.7 Å². The molecule has 1 aliphatic rings. The molecule has 2 nitrogen and oxygen atoms in total. The summed E-state index contributed by atoms with van der Waals surface area (Å²) in [5, 5.41) is 8.82. The zero-order valence-electron chi connectivity index (χ0n) is 7.71. The second-order valence-electron chi connectivity index (χ2n) is 3.45. The predicted octanol–water partition coefficient (Wildman–Crippen LogP) is 2.00. The van der Waals surface area contributed by atoms with Gasteiger partial charge in [0, 0.05) is 6.42 Å². The lowest BCUT2D eigenvalue weighted by Gasteiger charge is -2.08. The van der Waals surface area contributed by atoms with Gasteiger partial charge in [0.25, 0.3) is 0 Å². The SMILES string of the molecule is OCC1Cc2ccc(C(F)(F)F)cc2O1. The highest BCUT2D eigenvalue weighted by Gasteiger charge is 2.33. The Bertz CT molecular complexity index is 373. The summed E-state index contributed by atoms with van der Waals surface area (Å²) in [5.74, 6) is 0.226. The maximum atomic E-state index is 12.3. The Labute approximate surface area is 84.3 Å². The van der Waals surface area contributed by atoms with Crippen molar-refractivity contribution in [3.8, 4) is 5.75 Å². The van der Waals surface area contributed by atoms with Gasteiger partial charge in [-0.1, -0.05) is 6.07 Å². The lowest BCUT2D eigenvalue weighted by atomic mass is 10.1. The Balaban J connectivity index is 2.30. The molecule has 1 unspecified atom stereocenters. The highest BCUT2D eigenvalue weighted by molar-refractivity contribution is 5.41. The van der Waals surface area contributed by atoms with Crippen LogP contribution in [0.4, 0.5) is 13.2 Å². The topological polar surface area (TPSA) is 29.5 Å². The first kappa shape index (κ1) is 10.3. The predicted molar refractivity (Wildman–Crippen MR) is 46.6 cm³/mol. The van der Waals surface area contributed by atoms with Crippen molar-refractivity contribution in [1.29, 1.82) is 0 Å². The smallest absolute Gasteiger partial charge is 0.416 e. The standard InChI is InChI=1S/C10H9F3O2/c11-10(12,13)7-2-1-6-3-8(5-14)15-9(6)4-7/h1-2,4,8,14H,3,5H2. The summed E-state index contributed by atoms with van der Waals surface area (Å²) in [6.45, 7) is -0.184. The first-order valence-electron chi connectivity index (χ1n) is 4.48. The van der Waals surface area contributed by atoms with E-state index in [0.29, 0.717) is 12.0 Å². The number of benzene rings is 1. The van der Waals surface area contributed by atoms with Crippen LogP contribution in [-0.4, -0.2) is 17.8 Å². The van der Waals surface area contributed by atoms with Gasteiger partial charge in [-0.3, -0.25) is 0 Å². The average Bonchev–Trinajstić information content (AvgIpc) is 2.57. The van der Waals surface area contributed by atoms with E-state index in [0.717, 1.165) is 12.1 Å². The Morgan fingerprint density at radius 1 is 1.40 bits per heavy atom. The van der Waals surface area contributed by atoms with Gasteiger partial charge in [-0.25, -0.2) is 0 Å². The molecule has 1 atom stereocenters.